The number of nitrogen functional groups attached to an aromatic ring is 1. The molecule has 2 aromatic carbocycles. The van der Waals surface area contributed by atoms with Crippen molar-refractivity contribution in [3.8, 4) is 5.75 Å². The highest BCUT2D eigenvalue weighted by molar-refractivity contribution is 9.10. The normalized spacial score (nSPS) is 9.95. The highest BCUT2D eigenvalue weighted by Crippen LogP contribution is 2.26. The maximum atomic E-state index is 11.7. The Hall–Kier alpha value is -2.01. The van der Waals surface area contributed by atoms with Crippen molar-refractivity contribution in [2.45, 2.75) is 0 Å². The number of para-hydroxylation sites is 1. The summed E-state index contributed by atoms with van der Waals surface area (Å²) in [6.45, 7) is -0.0725. The highest BCUT2D eigenvalue weighted by Gasteiger charge is 2.06. The van der Waals surface area contributed by atoms with Crippen LogP contribution < -0.4 is 15.8 Å². The van der Waals surface area contributed by atoms with Gasteiger partial charge in [-0.05, 0) is 40.2 Å². The van der Waals surface area contributed by atoms with Gasteiger partial charge in [-0.15, -0.1) is 0 Å². The fourth-order valence-electron chi connectivity index (χ4n) is 1.49. The predicted octanol–water partition coefficient (Wildman–Crippen LogP) is 3.05. The van der Waals surface area contributed by atoms with Crippen molar-refractivity contribution in [1.29, 1.82) is 0 Å². The van der Waals surface area contributed by atoms with Crippen molar-refractivity contribution in [3.63, 3.8) is 0 Å². The van der Waals surface area contributed by atoms with E-state index in [0.717, 1.165) is 10.2 Å². The Kier molecular flexibility index (Phi) is 4.41. The Labute approximate surface area is 119 Å². The third kappa shape index (κ3) is 3.99. The zero-order valence-electron chi connectivity index (χ0n) is 10.1. The van der Waals surface area contributed by atoms with Crippen LogP contribution in [0.15, 0.2) is 53.0 Å². The van der Waals surface area contributed by atoms with E-state index in [-0.39, 0.29) is 12.5 Å². The van der Waals surface area contributed by atoms with Crippen LogP contribution in [0.3, 0.4) is 0 Å². The second kappa shape index (κ2) is 6.24. The van der Waals surface area contributed by atoms with E-state index in [1.165, 1.54) is 0 Å². The van der Waals surface area contributed by atoms with Gasteiger partial charge in [-0.25, -0.2) is 0 Å². The molecule has 0 aliphatic rings. The minimum absolute atomic E-state index is 0.0725. The first-order valence-corrected chi connectivity index (χ1v) is 6.47. The lowest BCUT2D eigenvalue weighted by Crippen LogP contribution is -2.20. The maximum absolute atomic E-state index is 11.7. The second-order valence-electron chi connectivity index (χ2n) is 3.89. The van der Waals surface area contributed by atoms with Crippen molar-refractivity contribution in [2.75, 3.05) is 17.7 Å². The molecule has 1 amide bonds. The Morgan fingerprint density at radius 3 is 2.68 bits per heavy atom. The molecular weight excluding hydrogens is 308 g/mol. The van der Waals surface area contributed by atoms with Gasteiger partial charge in [0.15, 0.2) is 6.61 Å². The van der Waals surface area contributed by atoms with Crippen LogP contribution in [0.2, 0.25) is 0 Å². The number of benzene rings is 2. The SMILES string of the molecule is Nc1ccc(Br)c(OCC(=O)Nc2ccccc2)c1. The number of carbonyl (C=O) groups is 1. The molecule has 98 valence electrons. The molecule has 0 saturated heterocycles. The fourth-order valence-corrected chi connectivity index (χ4v) is 1.85. The zero-order chi connectivity index (χ0) is 13.7. The molecule has 5 heteroatoms. The van der Waals surface area contributed by atoms with Crippen LogP contribution in [-0.4, -0.2) is 12.5 Å². The summed E-state index contributed by atoms with van der Waals surface area (Å²) in [6.07, 6.45) is 0. The van der Waals surface area contributed by atoms with Crippen LogP contribution in [0.1, 0.15) is 0 Å². The van der Waals surface area contributed by atoms with Crippen LogP contribution in [0.4, 0.5) is 11.4 Å². The standard InChI is InChI=1S/C14H13BrN2O2/c15-12-7-6-10(16)8-13(12)19-9-14(18)17-11-4-2-1-3-5-11/h1-8H,9,16H2,(H,17,18). The van der Waals surface area contributed by atoms with Gasteiger partial charge in [0.2, 0.25) is 0 Å². The van der Waals surface area contributed by atoms with E-state index in [0.29, 0.717) is 11.4 Å². The number of hydrogen-bond donors (Lipinski definition) is 2. The largest absolute Gasteiger partial charge is 0.483 e. The number of rotatable bonds is 4. The number of carbonyl (C=O) groups excluding carboxylic acids is 1. The lowest BCUT2D eigenvalue weighted by atomic mass is 10.3. The van der Waals surface area contributed by atoms with E-state index >= 15 is 0 Å². The van der Waals surface area contributed by atoms with E-state index in [9.17, 15) is 4.79 Å². The summed E-state index contributed by atoms with van der Waals surface area (Å²) in [4.78, 5) is 11.7. The number of anilines is 2. The molecule has 0 spiro atoms. The number of hydrogen-bond acceptors (Lipinski definition) is 3. The molecule has 0 radical (unpaired) electrons. The third-order valence-electron chi connectivity index (χ3n) is 2.37. The first kappa shape index (κ1) is 13.4. The van der Waals surface area contributed by atoms with Gasteiger partial charge >= 0.3 is 0 Å². The van der Waals surface area contributed by atoms with Gasteiger partial charge in [-0.2, -0.15) is 0 Å². The van der Waals surface area contributed by atoms with E-state index in [2.05, 4.69) is 21.2 Å². The van der Waals surface area contributed by atoms with Gasteiger partial charge in [0.1, 0.15) is 5.75 Å². The molecule has 0 unspecified atom stereocenters. The molecular formula is C14H13BrN2O2. The summed E-state index contributed by atoms with van der Waals surface area (Å²) in [7, 11) is 0. The third-order valence-corrected chi connectivity index (χ3v) is 3.03. The van der Waals surface area contributed by atoms with Gasteiger partial charge in [0.05, 0.1) is 4.47 Å². The maximum Gasteiger partial charge on any atom is 0.262 e. The van der Waals surface area contributed by atoms with Crippen molar-refractivity contribution < 1.29 is 9.53 Å². The summed E-state index contributed by atoms with van der Waals surface area (Å²) in [5, 5.41) is 2.74. The predicted molar refractivity (Wildman–Crippen MR) is 79.1 cm³/mol. The monoisotopic (exact) mass is 320 g/mol. The minimum Gasteiger partial charge on any atom is -0.483 e. The molecule has 0 saturated carbocycles. The highest BCUT2D eigenvalue weighted by atomic mass is 79.9. The van der Waals surface area contributed by atoms with Crippen molar-refractivity contribution in [1.82, 2.24) is 0 Å². The Balaban J connectivity index is 1.92. The first-order valence-electron chi connectivity index (χ1n) is 5.68. The van der Waals surface area contributed by atoms with Crippen LogP contribution in [-0.2, 0) is 4.79 Å². The summed E-state index contributed by atoms with van der Waals surface area (Å²) in [6, 6.07) is 14.4. The fraction of sp³-hybridized carbons (Fsp3) is 0.0714. The zero-order valence-corrected chi connectivity index (χ0v) is 11.7. The van der Waals surface area contributed by atoms with E-state index in [4.69, 9.17) is 10.5 Å². The minimum atomic E-state index is -0.222. The smallest absolute Gasteiger partial charge is 0.262 e. The molecule has 0 heterocycles. The van der Waals surface area contributed by atoms with Gasteiger partial charge in [-0.3, -0.25) is 4.79 Å². The van der Waals surface area contributed by atoms with Crippen molar-refractivity contribution >= 4 is 33.2 Å². The molecule has 0 aliphatic carbocycles. The summed E-state index contributed by atoms with van der Waals surface area (Å²) in [5.41, 5.74) is 6.98. The van der Waals surface area contributed by atoms with E-state index in [1.807, 2.05) is 30.3 Å². The van der Waals surface area contributed by atoms with Crippen LogP contribution >= 0.6 is 15.9 Å². The van der Waals surface area contributed by atoms with Crippen LogP contribution in [0.5, 0.6) is 5.75 Å². The second-order valence-corrected chi connectivity index (χ2v) is 4.75. The summed E-state index contributed by atoms with van der Waals surface area (Å²) in [5.74, 6) is 0.323. The summed E-state index contributed by atoms with van der Waals surface area (Å²) < 4.78 is 6.17. The van der Waals surface area contributed by atoms with Gasteiger partial charge < -0.3 is 15.8 Å². The number of halogens is 1. The molecule has 4 nitrogen and oxygen atoms in total. The molecule has 0 aromatic heterocycles. The molecule has 0 aliphatic heterocycles. The average molecular weight is 321 g/mol. The van der Waals surface area contributed by atoms with E-state index in [1.54, 1.807) is 18.2 Å². The average Bonchev–Trinajstić information content (AvgIpc) is 2.41. The Morgan fingerprint density at radius 2 is 1.95 bits per heavy atom. The molecule has 2 aromatic rings. The van der Waals surface area contributed by atoms with Gasteiger partial charge in [0.25, 0.3) is 5.91 Å². The lowest BCUT2D eigenvalue weighted by Gasteiger charge is -2.09. The number of nitrogens with one attached hydrogen (secondary N) is 1. The number of amides is 1. The topological polar surface area (TPSA) is 64.3 Å². The lowest BCUT2D eigenvalue weighted by molar-refractivity contribution is -0.118. The van der Waals surface area contributed by atoms with Crippen LogP contribution in [0, 0.1) is 0 Å². The van der Waals surface area contributed by atoms with Gasteiger partial charge in [-0.1, -0.05) is 18.2 Å². The Bertz CT molecular complexity index is 573. The molecule has 19 heavy (non-hydrogen) atoms. The molecule has 3 N–H and O–H groups in total. The first-order chi connectivity index (χ1) is 9.15. The van der Waals surface area contributed by atoms with Crippen molar-refractivity contribution in [3.05, 3.63) is 53.0 Å². The van der Waals surface area contributed by atoms with Gasteiger partial charge in [0, 0.05) is 17.4 Å². The van der Waals surface area contributed by atoms with Crippen LogP contribution in [0.25, 0.3) is 0 Å². The number of nitrogens with two attached hydrogens (primary N) is 1. The molecule has 0 atom stereocenters. The number of ether oxygens (including phenoxy) is 1. The summed E-state index contributed by atoms with van der Waals surface area (Å²) >= 11 is 3.34. The molecule has 2 rings (SSSR count). The Morgan fingerprint density at radius 1 is 1.21 bits per heavy atom. The molecule has 0 bridgehead atoms. The van der Waals surface area contributed by atoms with Crippen molar-refractivity contribution in [2.24, 2.45) is 0 Å². The van der Waals surface area contributed by atoms with E-state index < -0.39 is 0 Å². The quantitative estimate of drug-likeness (QED) is 0.851. The molecule has 0 fully saturated rings.